The topological polar surface area (TPSA) is 48.3 Å². The molecule has 2 aromatic rings. The average Bonchev–Trinajstić information content (AvgIpc) is 2.91. The maximum absolute atomic E-state index is 5.45. The first kappa shape index (κ1) is 15.4. The van der Waals surface area contributed by atoms with Crippen LogP contribution in [0.1, 0.15) is 24.2 Å². The molecule has 0 fully saturated rings. The zero-order chi connectivity index (χ0) is 15.2. The van der Waals surface area contributed by atoms with Crippen LogP contribution in [0, 0.1) is 0 Å². The van der Waals surface area contributed by atoms with Crippen LogP contribution >= 0.6 is 0 Å². The second kappa shape index (κ2) is 7.13. The van der Waals surface area contributed by atoms with E-state index in [-0.39, 0.29) is 6.04 Å². The van der Waals surface area contributed by atoms with E-state index < -0.39 is 0 Å². The zero-order valence-corrected chi connectivity index (χ0v) is 13.1. The molecule has 2 rings (SSSR count). The molecule has 0 aliphatic carbocycles. The lowest BCUT2D eigenvalue weighted by atomic mass is 10.1. The van der Waals surface area contributed by atoms with Gasteiger partial charge in [0.05, 0.1) is 14.2 Å². The summed E-state index contributed by atoms with van der Waals surface area (Å²) >= 11 is 0. The van der Waals surface area contributed by atoms with E-state index in [1.165, 1.54) is 5.69 Å². The third kappa shape index (κ3) is 3.76. The molecule has 0 saturated heterocycles. The Morgan fingerprint density at radius 3 is 2.67 bits per heavy atom. The van der Waals surface area contributed by atoms with Crippen molar-refractivity contribution in [2.75, 3.05) is 20.8 Å². The first-order chi connectivity index (χ1) is 10.2. The molecule has 0 spiro atoms. The quantitative estimate of drug-likeness (QED) is 0.850. The number of rotatable bonds is 7. The molecule has 0 amide bonds. The summed E-state index contributed by atoms with van der Waals surface area (Å²) in [6, 6.07) is 8.16. The summed E-state index contributed by atoms with van der Waals surface area (Å²) in [5, 5.41) is 7.69. The van der Waals surface area contributed by atoms with Crippen LogP contribution in [-0.4, -0.2) is 30.5 Å². The van der Waals surface area contributed by atoms with Crippen LogP contribution in [0.25, 0.3) is 0 Å². The van der Waals surface area contributed by atoms with E-state index in [2.05, 4.69) is 17.3 Å². The van der Waals surface area contributed by atoms with Crippen molar-refractivity contribution < 1.29 is 9.47 Å². The van der Waals surface area contributed by atoms with E-state index in [0.717, 1.165) is 30.0 Å². The van der Waals surface area contributed by atoms with Gasteiger partial charge in [0.15, 0.2) is 0 Å². The number of methoxy groups -OCH3 is 2. The van der Waals surface area contributed by atoms with Crippen molar-refractivity contribution in [3.8, 4) is 11.5 Å². The third-order valence-electron chi connectivity index (χ3n) is 3.66. The molecule has 114 valence electrons. The molecular formula is C16H23N3O2. The number of aromatic nitrogens is 2. The van der Waals surface area contributed by atoms with Crippen LogP contribution in [-0.2, 0) is 13.5 Å². The predicted octanol–water partition coefficient (Wildman–Crippen LogP) is 2.33. The molecule has 21 heavy (non-hydrogen) atoms. The van der Waals surface area contributed by atoms with E-state index in [9.17, 15) is 0 Å². The van der Waals surface area contributed by atoms with Gasteiger partial charge in [-0.15, -0.1) is 0 Å². The predicted molar refractivity (Wildman–Crippen MR) is 82.9 cm³/mol. The van der Waals surface area contributed by atoms with Crippen molar-refractivity contribution in [3.63, 3.8) is 0 Å². The fourth-order valence-electron chi connectivity index (χ4n) is 2.35. The molecule has 1 aromatic heterocycles. The van der Waals surface area contributed by atoms with Gasteiger partial charge in [-0.05, 0) is 19.1 Å². The molecule has 5 heteroatoms. The summed E-state index contributed by atoms with van der Waals surface area (Å²) in [7, 11) is 5.30. The fraction of sp³-hybridized carbons (Fsp3) is 0.438. The number of hydrogen-bond donors (Lipinski definition) is 1. The number of ether oxygens (including phenoxy) is 2. The van der Waals surface area contributed by atoms with Gasteiger partial charge in [0.25, 0.3) is 0 Å². The van der Waals surface area contributed by atoms with Gasteiger partial charge in [-0.25, -0.2) is 0 Å². The normalized spacial score (nSPS) is 12.2. The molecule has 0 aliphatic rings. The lowest BCUT2D eigenvalue weighted by molar-refractivity contribution is 0.386. The Hall–Kier alpha value is -2.01. The molecule has 1 aromatic carbocycles. The Bertz CT molecular complexity index is 581. The highest BCUT2D eigenvalue weighted by Gasteiger charge is 2.12. The summed E-state index contributed by atoms with van der Waals surface area (Å²) < 4.78 is 12.6. The van der Waals surface area contributed by atoms with Crippen LogP contribution in [0.15, 0.2) is 30.5 Å². The van der Waals surface area contributed by atoms with Gasteiger partial charge in [-0.3, -0.25) is 4.68 Å². The highest BCUT2D eigenvalue weighted by Crippen LogP contribution is 2.29. The molecule has 1 atom stereocenters. The summed E-state index contributed by atoms with van der Waals surface area (Å²) in [5.74, 6) is 1.65. The Kier molecular flexibility index (Phi) is 5.22. The van der Waals surface area contributed by atoms with Crippen LogP contribution in [0.5, 0.6) is 11.5 Å². The molecule has 0 bridgehead atoms. The van der Waals surface area contributed by atoms with Crippen molar-refractivity contribution in [1.29, 1.82) is 0 Å². The van der Waals surface area contributed by atoms with E-state index in [1.807, 2.05) is 42.2 Å². The van der Waals surface area contributed by atoms with Gasteiger partial charge in [0.1, 0.15) is 11.5 Å². The lowest BCUT2D eigenvalue weighted by Crippen LogP contribution is -2.22. The van der Waals surface area contributed by atoms with Gasteiger partial charge in [-0.1, -0.05) is 6.07 Å². The Balaban J connectivity index is 1.96. The van der Waals surface area contributed by atoms with Gasteiger partial charge < -0.3 is 14.8 Å². The smallest absolute Gasteiger partial charge is 0.127 e. The van der Waals surface area contributed by atoms with E-state index in [0.29, 0.717) is 0 Å². The highest BCUT2D eigenvalue weighted by molar-refractivity contribution is 5.42. The number of nitrogens with zero attached hydrogens (tertiary/aromatic N) is 2. The Morgan fingerprint density at radius 2 is 2.05 bits per heavy atom. The number of aryl methyl sites for hydroxylation is 1. The standard InChI is InChI=1S/C16H23N3O2/c1-12(17-9-7-13-8-10-18-19(13)2)15-6-5-14(20-3)11-16(15)21-4/h5-6,8,10-12,17H,7,9H2,1-4H3. The minimum atomic E-state index is 0.207. The van der Waals surface area contributed by atoms with Crippen molar-refractivity contribution in [2.24, 2.45) is 7.05 Å². The second-order valence-corrected chi connectivity index (χ2v) is 4.98. The largest absolute Gasteiger partial charge is 0.497 e. The summed E-state index contributed by atoms with van der Waals surface area (Å²) in [4.78, 5) is 0. The fourth-order valence-corrected chi connectivity index (χ4v) is 2.35. The third-order valence-corrected chi connectivity index (χ3v) is 3.66. The first-order valence-electron chi connectivity index (χ1n) is 7.08. The Labute approximate surface area is 125 Å². The summed E-state index contributed by atoms with van der Waals surface area (Å²) in [5.41, 5.74) is 2.35. The highest BCUT2D eigenvalue weighted by atomic mass is 16.5. The molecule has 1 unspecified atom stereocenters. The van der Waals surface area contributed by atoms with Crippen LogP contribution < -0.4 is 14.8 Å². The molecule has 5 nitrogen and oxygen atoms in total. The summed E-state index contributed by atoms with van der Waals surface area (Å²) in [6.45, 7) is 3.02. The van der Waals surface area contributed by atoms with E-state index >= 15 is 0 Å². The van der Waals surface area contributed by atoms with Crippen molar-refractivity contribution in [3.05, 3.63) is 41.7 Å². The zero-order valence-electron chi connectivity index (χ0n) is 13.1. The second-order valence-electron chi connectivity index (χ2n) is 4.98. The van der Waals surface area contributed by atoms with Crippen molar-refractivity contribution in [1.82, 2.24) is 15.1 Å². The Morgan fingerprint density at radius 1 is 1.24 bits per heavy atom. The van der Waals surface area contributed by atoms with Crippen LogP contribution in [0.4, 0.5) is 0 Å². The van der Waals surface area contributed by atoms with Crippen molar-refractivity contribution >= 4 is 0 Å². The minimum absolute atomic E-state index is 0.207. The molecule has 0 saturated carbocycles. The maximum Gasteiger partial charge on any atom is 0.127 e. The SMILES string of the molecule is COc1ccc(C(C)NCCc2ccnn2C)c(OC)c1. The van der Waals surface area contributed by atoms with Gasteiger partial charge in [0.2, 0.25) is 0 Å². The number of hydrogen-bond acceptors (Lipinski definition) is 4. The molecule has 0 aliphatic heterocycles. The number of benzene rings is 1. The number of nitrogens with one attached hydrogen (secondary N) is 1. The van der Waals surface area contributed by atoms with E-state index in [1.54, 1.807) is 14.2 Å². The van der Waals surface area contributed by atoms with Crippen LogP contribution in [0.3, 0.4) is 0 Å². The van der Waals surface area contributed by atoms with E-state index in [4.69, 9.17) is 9.47 Å². The molecule has 0 radical (unpaired) electrons. The average molecular weight is 289 g/mol. The van der Waals surface area contributed by atoms with Gasteiger partial charge in [0, 0.05) is 49.6 Å². The molecule has 1 heterocycles. The van der Waals surface area contributed by atoms with Crippen LogP contribution in [0.2, 0.25) is 0 Å². The molecular weight excluding hydrogens is 266 g/mol. The summed E-state index contributed by atoms with van der Waals surface area (Å²) in [6.07, 6.45) is 2.77. The maximum atomic E-state index is 5.45. The lowest BCUT2D eigenvalue weighted by Gasteiger charge is -2.18. The van der Waals surface area contributed by atoms with Crippen molar-refractivity contribution in [2.45, 2.75) is 19.4 Å². The van der Waals surface area contributed by atoms with Gasteiger partial charge >= 0.3 is 0 Å². The molecule has 1 N–H and O–H groups in total. The van der Waals surface area contributed by atoms with Gasteiger partial charge in [-0.2, -0.15) is 5.10 Å². The minimum Gasteiger partial charge on any atom is -0.497 e. The first-order valence-corrected chi connectivity index (χ1v) is 7.08. The monoisotopic (exact) mass is 289 g/mol.